The van der Waals surface area contributed by atoms with Crippen molar-refractivity contribution in [2.75, 3.05) is 25.1 Å². The van der Waals surface area contributed by atoms with Gasteiger partial charge in [-0.1, -0.05) is 0 Å². The number of carbonyl (C=O) groups is 1. The normalized spacial score (nSPS) is 18.7. The maximum Gasteiger partial charge on any atom is 0.310 e. The highest BCUT2D eigenvalue weighted by molar-refractivity contribution is 5.75. The Morgan fingerprint density at radius 2 is 2.44 bits per heavy atom. The van der Waals surface area contributed by atoms with Crippen molar-refractivity contribution in [3.05, 3.63) is 28.6 Å². The van der Waals surface area contributed by atoms with Gasteiger partial charge in [-0.2, -0.15) is 0 Å². The molecule has 18 heavy (non-hydrogen) atoms. The predicted molar refractivity (Wildman–Crippen MR) is 63.2 cm³/mol. The summed E-state index contributed by atoms with van der Waals surface area (Å²) >= 11 is 0. The molecule has 1 aliphatic rings. The van der Waals surface area contributed by atoms with Crippen molar-refractivity contribution in [1.82, 2.24) is 4.98 Å². The number of nitro groups is 1. The molecule has 96 valence electrons. The fourth-order valence-corrected chi connectivity index (χ4v) is 2.12. The smallest absolute Gasteiger partial charge is 0.310 e. The fourth-order valence-electron chi connectivity index (χ4n) is 2.12. The molecule has 1 aromatic rings. The molecule has 1 unspecified atom stereocenters. The standard InChI is InChI=1S/C11H13N3O4/c1-18-11(15)8-3-5-13(7-8)9-2-4-12-6-10(9)14(16)17/h2,4,6,8H,3,5,7H2,1H3. The van der Waals surface area contributed by atoms with E-state index in [4.69, 9.17) is 0 Å². The molecule has 1 aromatic heterocycles. The highest BCUT2D eigenvalue weighted by atomic mass is 16.6. The molecule has 1 aliphatic heterocycles. The van der Waals surface area contributed by atoms with Crippen molar-refractivity contribution in [3.8, 4) is 0 Å². The van der Waals surface area contributed by atoms with Crippen molar-refractivity contribution < 1.29 is 14.5 Å². The van der Waals surface area contributed by atoms with Crippen molar-refractivity contribution in [1.29, 1.82) is 0 Å². The van der Waals surface area contributed by atoms with E-state index in [0.717, 1.165) is 0 Å². The number of nitrogens with zero attached hydrogens (tertiary/aromatic N) is 3. The van der Waals surface area contributed by atoms with Gasteiger partial charge >= 0.3 is 11.7 Å². The monoisotopic (exact) mass is 251 g/mol. The molecule has 2 heterocycles. The van der Waals surface area contributed by atoms with Crippen molar-refractivity contribution in [2.45, 2.75) is 6.42 Å². The van der Waals surface area contributed by atoms with Gasteiger partial charge in [-0.3, -0.25) is 19.9 Å². The molecule has 7 heteroatoms. The Kier molecular flexibility index (Phi) is 3.40. The highest BCUT2D eigenvalue weighted by Gasteiger charge is 2.32. The molecule has 1 atom stereocenters. The summed E-state index contributed by atoms with van der Waals surface area (Å²) < 4.78 is 4.68. The van der Waals surface area contributed by atoms with Gasteiger partial charge in [-0.25, -0.2) is 0 Å². The third-order valence-corrected chi connectivity index (χ3v) is 3.04. The van der Waals surface area contributed by atoms with Gasteiger partial charge < -0.3 is 9.64 Å². The molecule has 2 rings (SSSR count). The van der Waals surface area contributed by atoms with Crippen LogP contribution in [0.5, 0.6) is 0 Å². The minimum atomic E-state index is -0.464. The zero-order chi connectivity index (χ0) is 13.1. The van der Waals surface area contributed by atoms with E-state index < -0.39 is 4.92 Å². The molecule has 0 N–H and O–H groups in total. The van der Waals surface area contributed by atoms with Gasteiger partial charge in [0.2, 0.25) is 0 Å². The van der Waals surface area contributed by atoms with Gasteiger partial charge in [0.1, 0.15) is 11.9 Å². The van der Waals surface area contributed by atoms with Crippen LogP contribution in [0.4, 0.5) is 11.4 Å². The molecule has 0 amide bonds. The number of esters is 1. The molecule has 0 bridgehead atoms. The Morgan fingerprint density at radius 3 is 3.11 bits per heavy atom. The van der Waals surface area contributed by atoms with Gasteiger partial charge in [0.25, 0.3) is 0 Å². The van der Waals surface area contributed by atoms with E-state index in [1.54, 1.807) is 6.07 Å². The Labute approximate surface area is 104 Å². The Balaban J connectivity index is 2.19. The van der Waals surface area contributed by atoms with Crippen LogP contribution in [0.25, 0.3) is 0 Å². The molecular weight excluding hydrogens is 238 g/mol. The van der Waals surface area contributed by atoms with Crippen molar-refractivity contribution in [3.63, 3.8) is 0 Å². The number of carbonyl (C=O) groups excluding carboxylic acids is 1. The number of aromatic nitrogens is 1. The van der Waals surface area contributed by atoms with E-state index in [1.165, 1.54) is 19.5 Å². The molecular formula is C11H13N3O4. The lowest BCUT2D eigenvalue weighted by atomic mass is 10.1. The van der Waals surface area contributed by atoms with E-state index in [2.05, 4.69) is 9.72 Å². The quantitative estimate of drug-likeness (QED) is 0.452. The zero-order valence-electron chi connectivity index (χ0n) is 9.91. The molecule has 1 fully saturated rings. The van der Waals surface area contributed by atoms with E-state index >= 15 is 0 Å². The number of methoxy groups -OCH3 is 1. The maximum absolute atomic E-state index is 11.4. The number of hydrogen-bond acceptors (Lipinski definition) is 6. The zero-order valence-corrected chi connectivity index (χ0v) is 9.91. The van der Waals surface area contributed by atoms with Gasteiger partial charge in [0.05, 0.1) is 18.0 Å². The van der Waals surface area contributed by atoms with Crippen LogP contribution in [-0.2, 0) is 9.53 Å². The van der Waals surface area contributed by atoms with Gasteiger partial charge in [0, 0.05) is 19.3 Å². The number of hydrogen-bond donors (Lipinski definition) is 0. The average Bonchev–Trinajstić information content (AvgIpc) is 2.87. The maximum atomic E-state index is 11.4. The second-order valence-electron chi connectivity index (χ2n) is 4.08. The van der Waals surface area contributed by atoms with Gasteiger partial charge in [0.15, 0.2) is 0 Å². The van der Waals surface area contributed by atoms with E-state index in [9.17, 15) is 14.9 Å². The van der Waals surface area contributed by atoms with Crippen LogP contribution in [0.1, 0.15) is 6.42 Å². The highest BCUT2D eigenvalue weighted by Crippen LogP contribution is 2.31. The summed E-state index contributed by atoms with van der Waals surface area (Å²) in [6.45, 7) is 1.04. The van der Waals surface area contributed by atoms with Crippen molar-refractivity contribution in [2.24, 2.45) is 5.92 Å². The summed E-state index contributed by atoms with van der Waals surface area (Å²) in [6.07, 6.45) is 3.38. The lowest BCUT2D eigenvalue weighted by molar-refractivity contribution is -0.384. The van der Waals surface area contributed by atoms with Crippen LogP contribution in [-0.4, -0.2) is 36.1 Å². The van der Waals surface area contributed by atoms with E-state index in [-0.39, 0.29) is 17.6 Å². The second-order valence-corrected chi connectivity index (χ2v) is 4.08. The summed E-state index contributed by atoms with van der Waals surface area (Å²) in [6, 6.07) is 1.60. The summed E-state index contributed by atoms with van der Waals surface area (Å²) in [4.78, 5) is 27.4. The molecule has 0 spiro atoms. The molecule has 0 aromatic carbocycles. The summed E-state index contributed by atoms with van der Waals surface area (Å²) in [7, 11) is 1.35. The third kappa shape index (κ3) is 2.24. The Hall–Kier alpha value is -2.18. The first-order valence-corrected chi connectivity index (χ1v) is 5.54. The molecule has 1 saturated heterocycles. The topological polar surface area (TPSA) is 85.6 Å². The third-order valence-electron chi connectivity index (χ3n) is 3.04. The Morgan fingerprint density at radius 1 is 1.67 bits per heavy atom. The second kappa shape index (κ2) is 4.99. The molecule has 0 saturated carbocycles. The van der Waals surface area contributed by atoms with Crippen molar-refractivity contribution >= 4 is 17.3 Å². The lowest BCUT2D eigenvalue weighted by Gasteiger charge is -2.17. The molecule has 0 radical (unpaired) electrons. The SMILES string of the molecule is COC(=O)C1CCN(c2ccncc2[N+](=O)[O-])C1. The summed E-state index contributed by atoms with van der Waals surface area (Å²) in [5.74, 6) is -0.489. The van der Waals surface area contributed by atoms with Crippen LogP contribution in [0, 0.1) is 16.0 Å². The van der Waals surface area contributed by atoms with Crippen LogP contribution in [0.15, 0.2) is 18.5 Å². The Bertz CT molecular complexity index is 477. The summed E-state index contributed by atoms with van der Waals surface area (Å²) in [5, 5.41) is 10.9. The first kappa shape index (κ1) is 12.3. The van der Waals surface area contributed by atoms with E-state index in [0.29, 0.717) is 25.2 Å². The minimum Gasteiger partial charge on any atom is -0.469 e. The van der Waals surface area contributed by atoms with E-state index in [1.807, 2.05) is 4.90 Å². The first-order chi connectivity index (χ1) is 8.63. The number of anilines is 1. The van der Waals surface area contributed by atoms with Crippen LogP contribution < -0.4 is 4.90 Å². The lowest BCUT2D eigenvalue weighted by Crippen LogP contribution is -2.24. The van der Waals surface area contributed by atoms with Crippen LogP contribution in [0.3, 0.4) is 0 Å². The van der Waals surface area contributed by atoms with Gasteiger partial charge in [-0.15, -0.1) is 0 Å². The summed E-state index contributed by atoms with van der Waals surface area (Å²) in [5.41, 5.74) is 0.462. The minimum absolute atomic E-state index is 0.0389. The van der Waals surface area contributed by atoms with Crippen LogP contribution in [0.2, 0.25) is 0 Å². The number of pyridine rings is 1. The molecule has 0 aliphatic carbocycles. The van der Waals surface area contributed by atoms with Gasteiger partial charge in [-0.05, 0) is 12.5 Å². The predicted octanol–water partition coefficient (Wildman–Crippen LogP) is 0.989. The molecule has 7 nitrogen and oxygen atoms in total. The largest absolute Gasteiger partial charge is 0.469 e. The average molecular weight is 251 g/mol. The first-order valence-electron chi connectivity index (χ1n) is 5.54. The number of rotatable bonds is 3. The number of ether oxygens (including phenoxy) is 1. The fraction of sp³-hybridized carbons (Fsp3) is 0.455. The van der Waals surface area contributed by atoms with Crippen LogP contribution >= 0.6 is 0 Å².